The number of rotatable bonds is 6. The third kappa shape index (κ3) is 4.11. The van der Waals surface area contributed by atoms with Crippen molar-refractivity contribution in [2.45, 2.75) is 13.3 Å². The molecular formula is C25H21N5O2S2. The number of nitrogens with one attached hydrogen (secondary N) is 1. The molecule has 3 heterocycles. The predicted octanol–water partition coefficient (Wildman–Crippen LogP) is 5.89. The van der Waals surface area contributed by atoms with E-state index in [1.807, 2.05) is 67.6 Å². The fourth-order valence-corrected chi connectivity index (χ4v) is 5.34. The molecule has 5 rings (SSSR count). The normalized spacial score (nSPS) is 11.0. The third-order valence-corrected chi connectivity index (χ3v) is 7.45. The lowest BCUT2D eigenvalue weighted by Crippen LogP contribution is -2.11. The van der Waals surface area contributed by atoms with Crippen LogP contribution in [0.1, 0.15) is 21.6 Å². The van der Waals surface area contributed by atoms with Crippen LogP contribution in [0.2, 0.25) is 0 Å². The van der Waals surface area contributed by atoms with E-state index in [0.717, 1.165) is 44.9 Å². The molecule has 0 atom stereocenters. The minimum Gasteiger partial charge on any atom is -0.497 e. The summed E-state index contributed by atoms with van der Waals surface area (Å²) in [7, 11) is 1.64. The van der Waals surface area contributed by atoms with Gasteiger partial charge in [0.25, 0.3) is 5.91 Å². The van der Waals surface area contributed by atoms with Crippen LogP contribution in [0.4, 0.5) is 10.8 Å². The molecule has 0 radical (unpaired) electrons. The van der Waals surface area contributed by atoms with Crippen LogP contribution < -0.4 is 15.8 Å². The van der Waals surface area contributed by atoms with Crippen LogP contribution in [-0.4, -0.2) is 28.2 Å². The van der Waals surface area contributed by atoms with Crippen molar-refractivity contribution in [1.82, 2.24) is 15.2 Å². The van der Waals surface area contributed by atoms with Gasteiger partial charge in [0.2, 0.25) is 5.13 Å². The summed E-state index contributed by atoms with van der Waals surface area (Å²) in [5.74, 6) is 0.458. The second kappa shape index (κ2) is 9.20. The van der Waals surface area contributed by atoms with E-state index in [2.05, 4.69) is 15.5 Å². The number of benzene rings is 2. The smallest absolute Gasteiger partial charge is 0.269 e. The summed E-state index contributed by atoms with van der Waals surface area (Å²) in [6, 6.07) is 19.7. The molecule has 0 fully saturated rings. The molecule has 7 nitrogen and oxygen atoms in total. The van der Waals surface area contributed by atoms with Crippen molar-refractivity contribution in [2.24, 2.45) is 0 Å². The lowest BCUT2D eigenvalue weighted by Gasteiger charge is -2.09. The molecule has 0 aliphatic rings. The first kappa shape index (κ1) is 22.0. The second-order valence-electron chi connectivity index (χ2n) is 7.48. The van der Waals surface area contributed by atoms with E-state index in [1.165, 1.54) is 22.7 Å². The summed E-state index contributed by atoms with van der Waals surface area (Å²) < 4.78 is 5.28. The summed E-state index contributed by atoms with van der Waals surface area (Å²) in [5, 5.41) is 13.0. The van der Waals surface area contributed by atoms with Crippen LogP contribution in [0.5, 0.6) is 5.75 Å². The van der Waals surface area contributed by atoms with Gasteiger partial charge in [-0.15, -0.1) is 21.5 Å². The number of nitrogens with two attached hydrogens (primary N) is 1. The number of amides is 1. The summed E-state index contributed by atoms with van der Waals surface area (Å²) in [5.41, 5.74) is 10.6. The Balaban J connectivity index is 1.63. The molecule has 0 bridgehead atoms. The topological polar surface area (TPSA) is 103 Å². The summed E-state index contributed by atoms with van der Waals surface area (Å²) >= 11 is 2.63. The van der Waals surface area contributed by atoms with Gasteiger partial charge in [0, 0.05) is 10.9 Å². The van der Waals surface area contributed by atoms with Gasteiger partial charge in [-0.25, -0.2) is 4.98 Å². The van der Waals surface area contributed by atoms with Gasteiger partial charge in [0.05, 0.1) is 18.5 Å². The van der Waals surface area contributed by atoms with Gasteiger partial charge in [0.1, 0.15) is 20.5 Å². The molecule has 5 aromatic rings. The summed E-state index contributed by atoms with van der Waals surface area (Å²) in [6.07, 6.45) is 0.761. The number of fused-ring (bicyclic) bond motifs is 1. The standard InChI is InChI=1S/C25H21N5O2S2/c1-3-19-29-30-25(33-19)28-23(31)22-21(26)20-17(14-7-5-4-6-8-14)13-18(27-24(20)34-22)15-9-11-16(32-2)12-10-15/h4-13H,3,26H2,1-2H3,(H,28,30,31). The molecule has 1 amide bonds. The molecule has 2 aromatic carbocycles. The number of thiophene rings is 1. The highest BCUT2D eigenvalue weighted by molar-refractivity contribution is 7.21. The molecular weight excluding hydrogens is 466 g/mol. The monoisotopic (exact) mass is 487 g/mol. The molecule has 170 valence electrons. The number of anilines is 2. The van der Waals surface area contributed by atoms with E-state index >= 15 is 0 Å². The van der Waals surface area contributed by atoms with E-state index in [1.54, 1.807) is 7.11 Å². The van der Waals surface area contributed by atoms with Crippen molar-refractivity contribution >= 4 is 49.6 Å². The molecule has 34 heavy (non-hydrogen) atoms. The summed E-state index contributed by atoms with van der Waals surface area (Å²) in [6.45, 7) is 1.99. The van der Waals surface area contributed by atoms with Crippen molar-refractivity contribution < 1.29 is 9.53 Å². The number of ether oxygens (including phenoxy) is 1. The fraction of sp³-hybridized carbons (Fsp3) is 0.120. The molecule has 0 saturated heterocycles. The fourth-order valence-electron chi connectivity index (χ4n) is 3.65. The first-order chi connectivity index (χ1) is 16.6. The van der Waals surface area contributed by atoms with E-state index in [4.69, 9.17) is 15.5 Å². The number of pyridine rings is 1. The highest BCUT2D eigenvalue weighted by Crippen LogP contribution is 2.41. The Hall–Kier alpha value is -3.82. The summed E-state index contributed by atoms with van der Waals surface area (Å²) in [4.78, 5) is 19.1. The Morgan fingerprint density at radius 2 is 1.79 bits per heavy atom. The zero-order valence-corrected chi connectivity index (χ0v) is 20.2. The van der Waals surface area contributed by atoms with Crippen LogP contribution in [0.15, 0.2) is 60.7 Å². The third-order valence-electron chi connectivity index (χ3n) is 5.37. The van der Waals surface area contributed by atoms with Crippen molar-refractivity contribution in [3.05, 3.63) is 70.5 Å². The van der Waals surface area contributed by atoms with Crippen molar-refractivity contribution in [2.75, 3.05) is 18.2 Å². The number of aromatic nitrogens is 3. The minimum absolute atomic E-state index is 0.315. The Bertz CT molecular complexity index is 1480. The van der Waals surface area contributed by atoms with Gasteiger partial charge < -0.3 is 10.5 Å². The Morgan fingerprint density at radius 1 is 1.03 bits per heavy atom. The SMILES string of the molecule is CCc1nnc(NC(=O)c2sc3nc(-c4ccc(OC)cc4)cc(-c4ccccc4)c3c2N)s1. The van der Waals surface area contributed by atoms with Crippen LogP contribution >= 0.6 is 22.7 Å². The number of hydrogen-bond acceptors (Lipinski definition) is 8. The van der Waals surface area contributed by atoms with Gasteiger partial charge in [-0.2, -0.15) is 0 Å². The van der Waals surface area contributed by atoms with Crippen molar-refractivity contribution in [1.29, 1.82) is 0 Å². The number of carbonyl (C=O) groups is 1. The van der Waals surface area contributed by atoms with E-state index < -0.39 is 0 Å². The second-order valence-corrected chi connectivity index (χ2v) is 9.54. The Labute approximate surface area is 204 Å². The zero-order valence-electron chi connectivity index (χ0n) is 18.5. The van der Waals surface area contributed by atoms with Gasteiger partial charge in [-0.3, -0.25) is 10.1 Å². The van der Waals surface area contributed by atoms with E-state index in [0.29, 0.717) is 20.5 Å². The lowest BCUT2D eigenvalue weighted by molar-refractivity contribution is 0.103. The quantitative estimate of drug-likeness (QED) is 0.310. The van der Waals surface area contributed by atoms with Gasteiger partial charge in [-0.1, -0.05) is 48.6 Å². The van der Waals surface area contributed by atoms with Crippen molar-refractivity contribution in [3.63, 3.8) is 0 Å². The zero-order chi connectivity index (χ0) is 23.7. The average Bonchev–Trinajstić information content (AvgIpc) is 3.48. The van der Waals surface area contributed by atoms with Gasteiger partial charge >= 0.3 is 0 Å². The number of nitrogens with zero attached hydrogens (tertiary/aromatic N) is 3. The minimum atomic E-state index is -0.315. The van der Waals surface area contributed by atoms with E-state index in [9.17, 15) is 4.79 Å². The van der Waals surface area contributed by atoms with Crippen molar-refractivity contribution in [3.8, 4) is 28.1 Å². The maximum atomic E-state index is 13.1. The molecule has 3 aromatic heterocycles. The Morgan fingerprint density at radius 3 is 2.47 bits per heavy atom. The van der Waals surface area contributed by atoms with E-state index in [-0.39, 0.29) is 5.91 Å². The van der Waals surface area contributed by atoms with Crippen LogP contribution in [0.25, 0.3) is 32.6 Å². The molecule has 0 saturated carbocycles. The number of hydrogen-bond donors (Lipinski definition) is 2. The molecule has 0 aliphatic heterocycles. The van der Waals surface area contributed by atoms with Crippen LogP contribution in [0, 0.1) is 0 Å². The average molecular weight is 488 g/mol. The molecule has 3 N–H and O–H groups in total. The lowest BCUT2D eigenvalue weighted by atomic mass is 9.99. The maximum Gasteiger partial charge on any atom is 0.269 e. The van der Waals surface area contributed by atoms with Crippen LogP contribution in [-0.2, 0) is 6.42 Å². The molecule has 0 unspecified atom stereocenters. The molecule has 9 heteroatoms. The first-order valence-electron chi connectivity index (χ1n) is 10.6. The highest BCUT2D eigenvalue weighted by atomic mass is 32.1. The highest BCUT2D eigenvalue weighted by Gasteiger charge is 2.22. The largest absolute Gasteiger partial charge is 0.497 e. The Kier molecular flexibility index (Phi) is 5.95. The number of methoxy groups -OCH3 is 1. The van der Waals surface area contributed by atoms with Crippen LogP contribution in [0.3, 0.4) is 0 Å². The predicted molar refractivity (Wildman–Crippen MR) is 139 cm³/mol. The molecule has 0 spiro atoms. The maximum absolute atomic E-state index is 13.1. The number of nitrogen functional groups attached to an aromatic ring is 1. The molecule has 0 aliphatic carbocycles. The number of carbonyl (C=O) groups excluding carboxylic acids is 1. The first-order valence-corrected chi connectivity index (χ1v) is 12.3. The van der Waals surface area contributed by atoms with Gasteiger partial charge in [0.15, 0.2) is 0 Å². The number of aryl methyl sites for hydroxylation is 1. The van der Waals surface area contributed by atoms with Gasteiger partial charge in [-0.05, 0) is 47.9 Å².